The summed E-state index contributed by atoms with van der Waals surface area (Å²) in [5.41, 5.74) is 2.34. The predicted octanol–water partition coefficient (Wildman–Crippen LogP) is 4.32. The van der Waals surface area contributed by atoms with E-state index in [-0.39, 0.29) is 12.7 Å². The van der Waals surface area contributed by atoms with Gasteiger partial charge in [0.25, 0.3) is 0 Å². The van der Waals surface area contributed by atoms with Gasteiger partial charge < -0.3 is 9.47 Å². The van der Waals surface area contributed by atoms with Gasteiger partial charge in [-0.3, -0.25) is 4.90 Å². The Morgan fingerprint density at radius 2 is 1.94 bits per heavy atom. The molecular weight excluding hydrogens is 408 g/mol. The van der Waals surface area contributed by atoms with Crippen LogP contribution in [0.4, 0.5) is 4.79 Å². The van der Waals surface area contributed by atoms with Crippen LogP contribution in [0.15, 0.2) is 59.7 Å². The number of fused-ring (bicyclic) bond motifs is 1. The van der Waals surface area contributed by atoms with E-state index in [2.05, 4.69) is 16.7 Å². The number of hydrogen-bond acceptors (Lipinski definition) is 6. The topological polar surface area (TPSA) is 86.0 Å². The van der Waals surface area contributed by atoms with Crippen molar-refractivity contribution in [1.29, 1.82) is 0 Å². The lowest BCUT2D eigenvalue weighted by molar-refractivity contribution is -0.139. The van der Waals surface area contributed by atoms with Crippen LogP contribution >= 0.6 is 0 Å². The number of hydrogen-bond donors (Lipinski definition) is 0. The quantitative estimate of drug-likeness (QED) is 0.382. The number of nitrogens with zero attached hydrogens (tertiary/aromatic N) is 4. The zero-order valence-electron chi connectivity index (χ0n) is 18.9. The lowest BCUT2D eigenvalue weighted by Crippen LogP contribution is -2.33. The second-order valence-electron chi connectivity index (χ2n) is 8.36. The number of benzene rings is 1. The first-order chi connectivity index (χ1) is 15.2. The summed E-state index contributed by atoms with van der Waals surface area (Å²) in [6, 6.07) is 9.46. The van der Waals surface area contributed by atoms with Crippen LogP contribution in [0.5, 0.6) is 0 Å². The number of carbonyl (C=O) groups is 2. The van der Waals surface area contributed by atoms with Crippen LogP contribution in [0.1, 0.15) is 44.5 Å². The van der Waals surface area contributed by atoms with Gasteiger partial charge >= 0.3 is 12.1 Å². The van der Waals surface area contributed by atoms with Gasteiger partial charge in [0.05, 0.1) is 24.4 Å². The number of aliphatic imine (C=N–C) groups is 1. The molecule has 2 aromatic rings. The summed E-state index contributed by atoms with van der Waals surface area (Å²) in [6.07, 6.45) is 4.45. The maximum absolute atomic E-state index is 12.3. The van der Waals surface area contributed by atoms with Gasteiger partial charge in [-0.25, -0.2) is 19.3 Å². The molecule has 0 spiro atoms. The fraction of sp³-hybridized carbons (Fsp3) is 0.333. The minimum absolute atomic E-state index is 0.186. The van der Waals surface area contributed by atoms with E-state index in [1.54, 1.807) is 24.1 Å². The average Bonchev–Trinajstić information content (AvgIpc) is 3.31. The minimum atomic E-state index is -0.549. The Kier molecular flexibility index (Phi) is 6.92. The fourth-order valence-electron chi connectivity index (χ4n) is 3.00. The van der Waals surface area contributed by atoms with Gasteiger partial charge in [0, 0.05) is 18.0 Å². The Bertz CT molecular complexity index is 1040. The molecule has 0 unspecified atom stereocenters. The number of esters is 1. The van der Waals surface area contributed by atoms with E-state index < -0.39 is 11.6 Å². The number of carbonyl (C=O) groups excluding carboxylic acids is 2. The molecule has 1 aliphatic heterocycles. The number of amides is 1. The van der Waals surface area contributed by atoms with Gasteiger partial charge in [-0.1, -0.05) is 43.0 Å². The predicted molar refractivity (Wildman–Crippen MR) is 122 cm³/mol. The standard InChI is InChI=1S/C24H28N4O4/c1-6-19(22(29)31-16-18-10-8-7-9-11-18)12-25-17(2)28-14-20-13-27(15-21(20)26-28)23(30)32-24(3,4)5/h6-12,14H,2,13,15-16H2,1,3-5H3/b19-6+,25-12-. The molecule has 8 heteroatoms. The number of allylic oxidation sites excluding steroid dienone is 1. The largest absolute Gasteiger partial charge is 0.457 e. The van der Waals surface area contributed by atoms with Crippen LogP contribution in [0.3, 0.4) is 0 Å². The molecule has 0 saturated heterocycles. The Morgan fingerprint density at radius 1 is 1.22 bits per heavy atom. The zero-order valence-corrected chi connectivity index (χ0v) is 18.9. The van der Waals surface area contributed by atoms with Crippen molar-refractivity contribution in [3.05, 3.63) is 71.6 Å². The molecule has 1 aliphatic rings. The van der Waals surface area contributed by atoms with Gasteiger partial charge in [-0.05, 0) is 33.3 Å². The van der Waals surface area contributed by atoms with Crippen molar-refractivity contribution in [3.63, 3.8) is 0 Å². The lowest BCUT2D eigenvalue weighted by atomic mass is 10.2. The molecule has 0 aliphatic carbocycles. The van der Waals surface area contributed by atoms with Crippen LogP contribution in [0, 0.1) is 0 Å². The second kappa shape index (κ2) is 9.64. The van der Waals surface area contributed by atoms with Gasteiger partial charge in [0.2, 0.25) is 0 Å². The van der Waals surface area contributed by atoms with Crippen LogP contribution in [-0.4, -0.2) is 38.6 Å². The Morgan fingerprint density at radius 3 is 2.56 bits per heavy atom. The van der Waals surface area contributed by atoms with Crippen molar-refractivity contribution in [1.82, 2.24) is 14.7 Å². The first-order valence-corrected chi connectivity index (χ1v) is 10.3. The molecule has 3 rings (SSSR count). The molecular formula is C24H28N4O4. The summed E-state index contributed by atoms with van der Waals surface area (Å²) in [5.74, 6) is -0.123. The fourth-order valence-corrected chi connectivity index (χ4v) is 3.00. The smallest absolute Gasteiger partial charge is 0.410 e. The van der Waals surface area contributed by atoms with E-state index in [1.807, 2.05) is 51.1 Å². The molecule has 1 aromatic carbocycles. The minimum Gasteiger partial charge on any atom is -0.457 e. The second-order valence-corrected chi connectivity index (χ2v) is 8.36. The van der Waals surface area contributed by atoms with Gasteiger partial charge in [-0.2, -0.15) is 5.10 Å². The molecule has 0 fully saturated rings. The first kappa shape index (κ1) is 23.0. The number of ether oxygens (including phenoxy) is 2. The summed E-state index contributed by atoms with van der Waals surface area (Å²) < 4.78 is 12.3. The highest BCUT2D eigenvalue weighted by Crippen LogP contribution is 2.24. The summed E-state index contributed by atoms with van der Waals surface area (Å²) in [6.45, 7) is 12.1. The third-order valence-electron chi connectivity index (χ3n) is 4.61. The van der Waals surface area contributed by atoms with Crippen molar-refractivity contribution in [3.8, 4) is 0 Å². The van der Waals surface area contributed by atoms with Crippen LogP contribution in [0.2, 0.25) is 0 Å². The van der Waals surface area contributed by atoms with Crippen molar-refractivity contribution >= 4 is 24.1 Å². The van der Waals surface area contributed by atoms with Crippen LogP contribution in [-0.2, 0) is 34.0 Å². The summed E-state index contributed by atoms with van der Waals surface area (Å²) in [5, 5.41) is 4.46. The van der Waals surface area contributed by atoms with E-state index in [1.165, 1.54) is 10.9 Å². The Balaban J connectivity index is 1.56. The molecule has 0 N–H and O–H groups in total. The normalized spacial score (nSPS) is 13.9. The van der Waals surface area contributed by atoms with Crippen molar-refractivity contribution in [2.75, 3.05) is 0 Å². The number of rotatable bonds is 6. The zero-order chi connectivity index (χ0) is 23.3. The summed E-state index contributed by atoms with van der Waals surface area (Å²) >= 11 is 0. The maximum atomic E-state index is 12.3. The molecule has 1 aromatic heterocycles. The lowest BCUT2D eigenvalue weighted by Gasteiger charge is -2.24. The molecule has 0 bridgehead atoms. The first-order valence-electron chi connectivity index (χ1n) is 10.3. The molecule has 0 saturated carbocycles. The van der Waals surface area contributed by atoms with Gasteiger partial charge in [0.1, 0.15) is 18.0 Å². The number of aromatic nitrogens is 2. The van der Waals surface area contributed by atoms with E-state index in [0.29, 0.717) is 24.5 Å². The summed E-state index contributed by atoms with van der Waals surface area (Å²) in [4.78, 5) is 30.4. The molecule has 168 valence electrons. The van der Waals surface area contributed by atoms with Gasteiger partial charge in [0.15, 0.2) is 0 Å². The van der Waals surface area contributed by atoms with E-state index in [9.17, 15) is 9.59 Å². The van der Waals surface area contributed by atoms with Crippen LogP contribution < -0.4 is 0 Å². The van der Waals surface area contributed by atoms with Gasteiger partial charge in [-0.15, -0.1) is 0 Å². The monoisotopic (exact) mass is 436 g/mol. The highest BCUT2D eigenvalue weighted by molar-refractivity contribution is 6.10. The Hall–Kier alpha value is -3.68. The van der Waals surface area contributed by atoms with Crippen molar-refractivity contribution < 1.29 is 19.1 Å². The SMILES string of the molecule is C=C(/N=C\C(=C/C)C(=O)OCc1ccccc1)n1cc2c(n1)CN(C(=O)OC(C)(C)C)C2. The van der Waals surface area contributed by atoms with Crippen molar-refractivity contribution in [2.45, 2.75) is 53.0 Å². The molecule has 0 radical (unpaired) electrons. The molecule has 0 atom stereocenters. The van der Waals surface area contributed by atoms with E-state index in [0.717, 1.165) is 16.8 Å². The Labute approximate surface area is 187 Å². The highest BCUT2D eigenvalue weighted by Gasteiger charge is 2.30. The molecule has 8 nitrogen and oxygen atoms in total. The third kappa shape index (κ3) is 5.94. The maximum Gasteiger partial charge on any atom is 0.410 e. The molecule has 2 heterocycles. The van der Waals surface area contributed by atoms with E-state index in [4.69, 9.17) is 9.47 Å². The molecule has 1 amide bonds. The highest BCUT2D eigenvalue weighted by atomic mass is 16.6. The van der Waals surface area contributed by atoms with E-state index >= 15 is 0 Å². The van der Waals surface area contributed by atoms with Crippen LogP contribution in [0.25, 0.3) is 5.82 Å². The average molecular weight is 437 g/mol. The summed E-state index contributed by atoms with van der Waals surface area (Å²) in [7, 11) is 0. The van der Waals surface area contributed by atoms with Crippen molar-refractivity contribution in [2.24, 2.45) is 4.99 Å². The molecule has 32 heavy (non-hydrogen) atoms. The third-order valence-corrected chi connectivity index (χ3v) is 4.61.